The van der Waals surface area contributed by atoms with Gasteiger partial charge in [-0.2, -0.15) is 5.26 Å². The summed E-state index contributed by atoms with van der Waals surface area (Å²) in [4.78, 5) is 14.6. The zero-order valence-corrected chi connectivity index (χ0v) is 21.7. The van der Waals surface area contributed by atoms with Gasteiger partial charge in [-0.25, -0.2) is 4.79 Å². The molecule has 1 heterocycles. The van der Waals surface area contributed by atoms with Gasteiger partial charge in [0.25, 0.3) is 0 Å². The molecule has 2 rings (SSSR count). The summed E-state index contributed by atoms with van der Waals surface area (Å²) in [6.45, 7) is 19.6. The lowest BCUT2D eigenvalue weighted by molar-refractivity contribution is 0.0575. The van der Waals surface area contributed by atoms with Crippen LogP contribution in [0.25, 0.3) is 0 Å². The van der Waals surface area contributed by atoms with Gasteiger partial charge in [-0.15, -0.1) is 0 Å². The summed E-state index contributed by atoms with van der Waals surface area (Å²) in [5, 5.41) is 9.81. The summed E-state index contributed by atoms with van der Waals surface area (Å²) in [5.41, 5.74) is 0.975. The predicted octanol–water partition coefficient (Wildman–Crippen LogP) is 6.36. The van der Waals surface area contributed by atoms with Crippen molar-refractivity contribution in [2.75, 3.05) is 18.1 Å². The maximum Gasteiger partial charge on any atom is 0.414 e. The number of rotatable bonds is 3. The van der Waals surface area contributed by atoms with Crippen LogP contribution in [0.15, 0.2) is 16.6 Å². The van der Waals surface area contributed by atoms with Crippen molar-refractivity contribution in [3.8, 4) is 6.07 Å². The number of carbonyl (C=O) groups is 1. The van der Waals surface area contributed by atoms with Crippen LogP contribution in [0.3, 0.4) is 0 Å². The van der Waals surface area contributed by atoms with Gasteiger partial charge in [0.15, 0.2) is 8.32 Å². The Morgan fingerprint density at radius 1 is 1.28 bits per heavy atom. The number of carbonyl (C=O) groups excluding carboxylic acids is 1. The summed E-state index contributed by atoms with van der Waals surface area (Å²) < 4.78 is 13.0. The van der Waals surface area contributed by atoms with Gasteiger partial charge in [0.2, 0.25) is 0 Å². The molecule has 0 aromatic heterocycles. The molecule has 7 heteroatoms. The molecule has 0 saturated heterocycles. The van der Waals surface area contributed by atoms with E-state index in [1.54, 1.807) is 11.0 Å². The van der Waals surface area contributed by atoms with Gasteiger partial charge in [-0.05, 0) is 56.6 Å². The van der Waals surface area contributed by atoms with Crippen molar-refractivity contribution in [3.63, 3.8) is 0 Å². The number of fused-ring (bicyclic) bond motifs is 1. The number of hydrogen-bond donors (Lipinski definition) is 0. The lowest BCUT2D eigenvalue weighted by Gasteiger charge is -2.39. The molecule has 0 saturated carbocycles. The minimum Gasteiger partial charge on any atom is -0.443 e. The second kappa shape index (κ2) is 7.71. The molecule has 1 atom stereocenters. The fourth-order valence-electron chi connectivity index (χ4n) is 3.10. The van der Waals surface area contributed by atoms with E-state index in [0.29, 0.717) is 24.4 Å². The molecule has 0 bridgehead atoms. The van der Waals surface area contributed by atoms with Gasteiger partial charge in [0.05, 0.1) is 11.3 Å². The van der Waals surface area contributed by atoms with Crippen molar-refractivity contribution in [2.24, 2.45) is 0 Å². The Bertz CT molecular complexity index is 849. The van der Waals surface area contributed by atoms with E-state index in [-0.39, 0.29) is 5.04 Å². The van der Waals surface area contributed by atoms with E-state index in [9.17, 15) is 10.1 Å². The average Bonchev–Trinajstić information content (AvgIpc) is 2.84. The van der Waals surface area contributed by atoms with E-state index in [4.69, 9.17) is 9.16 Å². The van der Waals surface area contributed by atoms with Crippen LogP contribution in [-0.4, -0.2) is 33.2 Å². The summed E-state index contributed by atoms with van der Waals surface area (Å²) in [7, 11) is -1.98. The predicted molar refractivity (Wildman–Crippen MR) is 123 cm³/mol. The average molecular weight is 482 g/mol. The third-order valence-electron chi connectivity index (χ3n) is 5.79. The van der Waals surface area contributed by atoms with Crippen LogP contribution in [0, 0.1) is 11.3 Å². The molecular formula is C22H33BrN2O3Si. The zero-order chi connectivity index (χ0) is 22.4. The van der Waals surface area contributed by atoms with Crippen molar-refractivity contribution >= 4 is 36.0 Å². The molecule has 1 aliphatic heterocycles. The highest BCUT2D eigenvalue weighted by atomic mass is 79.9. The van der Waals surface area contributed by atoms with E-state index in [2.05, 4.69) is 62.8 Å². The van der Waals surface area contributed by atoms with Crippen molar-refractivity contribution in [1.29, 1.82) is 5.26 Å². The number of anilines is 1. The maximum atomic E-state index is 13.0. The molecule has 1 amide bonds. The number of ether oxygens (including phenoxy) is 1. The molecule has 0 aliphatic carbocycles. The third kappa shape index (κ3) is 5.04. The van der Waals surface area contributed by atoms with Gasteiger partial charge in [-0.3, -0.25) is 4.90 Å². The lowest BCUT2D eigenvalue weighted by atomic mass is 9.85. The molecule has 1 aliphatic rings. The first-order chi connectivity index (χ1) is 13.0. The van der Waals surface area contributed by atoms with Crippen molar-refractivity contribution in [3.05, 3.63) is 27.7 Å². The molecular weight excluding hydrogens is 448 g/mol. The normalized spacial score (nSPS) is 19.7. The highest BCUT2D eigenvalue weighted by Gasteiger charge is 2.47. The van der Waals surface area contributed by atoms with Gasteiger partial charge < -0.3 is 9.16 Å². The SMILES string of the molecule is CC(C)(C)OC(=O)N1C[C@](C)(CO[Si](C)(C)C(C)(C)C)c2cc(Br)cc(C#N)c21. The number of nitrogens with zero attached hydrogens (tertiary/aromatic N) is 2. The second-order valence-corrected chi connectivity index (χ2v) is 16.4. The highest BCUT2D eigenvalue weighted by molar-refractivity contribution is 9.10. The fraction of sp³-hybridized carbons (Fsp3) is 0.636. The lowest BCUT2D eigenvalue weighted by Crippen LogP contribution is -2.46. The van der Waals surface area contributed by atoms with E-state index in [1.807, 2.05) is 26.8 Å². The van der Waals surface area contributed by atoms with Gasteiger partial charge >= 0.3 is 6.09 Å². The minimum atomic E-state index is -1.98. The van der Waals surface area contributed by atoms with E-state index >= 15 is 0 Å². The van der Waals surface area contributed by atoms with E-state index in [0.717, 1.165) is 10.0 Å². The smallest absolute Gasteiger partial charge is 0.414 e. The highest BCUT2D eigenvalue weighted by Crippen LogP contribution is 2.46. The van der Waals surface area contributed by atoms with E-state index in [1.165, 1.54) is 0 Å². The Hall–Kier alpha value is -1.36. The van der Waals surface area contributed by atoms with Crippen molar-refractivity contribution in [1.82, 2.24) is 0 Å². The summed E-state index contributed by atoms with van der Waals surface area (Å²) >= 11 is 3.52. The Morgan fingerprint density at radius 2 is 1.86 bits per heavy atom. The van der Waals surface area contributed by atoms with E-state index < -0.39 is 25.4 Å². The first-order valence-electron chi connectivity index (χ1n) is 9.89. The molecule has 29 heavy (non-hydrogen) atoms. The molecule has 0 spiro atoms. The largest absolute Gasteiger partial charge is 0.443 e. The first kappa shape index (κ1) is 23.9. The molecule has 0 unspecified atom stereocenters. The molecule has 1 aromatic carbocycles. The Morgan fingerprint density at radius 3 is 2.34 bits per heavy atom. The molecule has 160 valence electrons. The molecule has 0 fully saturated rings. The van der Waals surface area contributed by atoms with Crippen LogP contribution in [-0.2, 0) is 14.6 Å². The number of nitriles is 1. The standard InChI is InChI=1S/C22H33BrN2O3Si/c1-20(2,3)28-19(26)25-13-22(7,14-27-29(8,9)21(4,5)6)17-11-16(23)10-15(12-24)18(17)25/h10-11H,13-14H2,1-9H3/t22-/m1/s1. The molecule has 5 nitrogen and oxygen atoms in total. The summed E-state index contributed by atoms with van der Waals surface area (Å²) in [6.07, 6.45) is -0.436. The van der Waals surface area contributed by atoms with Crippen LogP contribution >= 0.6 is 15.9 Å². The van der Waals surface area contributed by atoms with Crippen LogP contribution in [0.5, 0.6) is 0 Å². The van der Waals surface area contributed by atoms with Crippen LogP contribution in [0.4, 0.5) is 10.5 Å². The Labute approximate surface area is 184 Å². The van der Waals surface area contributed by atoms with Gasteiger partial charge in [-0.1, -0.05) is 43.6 Å². The number of halogens is 1. The molecule has 0 N–H and O–H groups in total. The van der Waals surface area contributed by atoms with Crippen LogP contribution < -0.4 is 4.90 Å². The topological polar surface area (TPSA) is 62.6 Å². The molecule has 0 radical (unpaired) electrons. The quantitative estimate of drug-likeness (QED) is 0.472. The summed E-state index contributed by atoms with van der Waals surface area (Å²) in [6, 6.07) is 5.98. The second-order valence-electron chi connectivity index (χ2n) is 10.6. The monoisotopic (exact) mass is 480 g/mol. The van der Waals surface area contributed by atoms with Crippen molar-refractivity contribution < 1.29 is 14.0 Å². The number of benzene rings is 1. The van der Waals surface area contributed by atoms with Crippen molar-refractivity contribution in [2.45, 2.75) is 77.6 Å². The Kier molecular flexibility index (Phi) is 6.36. The van der Waals surface area contributed by atoms with Crippen LogP contribution in [0.2, 0.25) is 18.1 Å². The number of hydrogen-bond acceptors (Lipinski definition) is 4. The van der Waals surface area contributed by atoms with Gasteiger partial charge in [0, 0.05) is 23.0 Å². The fourth-order valence-corrected chi connectivity index (χ4v) is 4.67. The molecule has 1 aromatic rings. The Balaban J connectivity index is 2.49. The summed E-state index contributed by atoms with van der Waals surface area (Å²) in [5.74, 6) is 0. The number of amides is 1. The van der Waals surface area contributed by atoms with Crippen LogP contribution in [0.1, 0.15) is 59.6 Å². The maximum absolute atomic E-state index is 13.0. The zero-order valence-electron chi connectivity index (χ0n) is 19.1. The third-order valence-corrected chi connectivity index (χ3v) is 10.7. The first-order valence-corrected chi connectivity index (χ1v) is 13.6. The van der Waals surface area contributed by atoms with Gasteiger partial charge in [0.1, 0.15) is 11.7 Å². The minimum absolute atomic E-state index is 0.0880.